The fraction of sp³-hybridized carbons (Fsp3) is 0.200. The van der Waals surface area contributed by atoms with Crippen molar-refractivity contribution < 1.29 is 23.8 Å². The largest absolute Gasteiger partial charge is 0.497 e. The molecule has 1 N–H and O–H groups in total. The van der Waals surface area contributed by atoms with Gasteiger partial charge < -0.3 is 24.4 Å². The van der Waals surface area contributed by atoms with E-state index in [9.17, 15) is 9.59 Å². The van der Waals surface area contributed by atoms with Gasteiger partial charge in [-0.15, -0.1) is 0 Å². The minimum atomic E-state index is -0.893. The minimum absolute atomic E-state index is 0.0483. The summed E-state index contributed by atoms with van der Waals surface area (Å²) >= 11 is 6.17. The molecule has 0 bridgehead atoms. The van der Waals surface area contributed by atoms with Gasteiger partial charge in [0.1, 0.15) is 17.2 Å². The van der Waals surface area contributed by atoms with Crippen LogP contribution in [0.4, 0.5) is 5.69 Å². The molecule has 8 heteroatoms. The lowest BCUT2D eigenvalue weighted by atomic mass is 10.1. The Kier molecular flexibility index (Phi) is 6.70. The molecule has 0 aromatic heterocycles. The number of hydrogen-bond acceptors (Lipinski definition) is 5. The Morgan fingerprint density at radius 1 is 1.06 bits per heavy atom. The van der Waals surface area contributed by atoms with Crippen LogP contribution in [0.5, 0.6) is 17.2 Å². The molecular weight excluding hydrogens is 444 g/mol. The van der Waals surface area contributed by atoms with Gasteiger partial charge in [-0.2, -0.15) is 0 Å². The molecule has 1 aliphatic heterocycles. The van der Waals surface area contributed by atoms with E-state index in [1.165, 1.54) is 4.90 Å². The fourth-order valence-electron chi connectivity index (χ4n) is 3.62. The van der Waals surface area contributed by atoms with E-state index < -0.39 is 6.10 Å². The third-order valence-corrected chi connectivity index (χ3v) is 5.57. The Labute approximate surface area is 196 Å². The molecule has 2 amide bonds. The number of halogens is 1. The van der Waals surface area contributed by atoms with Gasteiger partial charge in [-0.3, -0.25) is 9.59 Å². The first-order valence-electron chi connectivity index (χ1n) is 10.3. The number of carbonyl (C=O) groups excluding carboxylic acids is 2. The van der Waals surface area contributed by atoms with E-state index in [0.29, 0.717) is 33.5 Å². The summed E-state index contributed by atoms with van der Waals surface area (Å²) < 4.78 is 16.5. The zero-order valence-corrected chi connectivity index (χ0v) is 19.0. The number of carbonyl (C=O) groups is 2. The highest BCUT2D eigenvalue weighted by Crippen LogP contribution is 2.36. The van der Waals surface area contributed by atoms with Crippen LogP contribution in [0.15, 0.2) is 66.7 Å². The van der Waals surface area contributed by atoms with Gasteiger partial charge in [0.25, 0.3) is 11.8 Å². The quantitative estimate of drug-likeness (QED) is 0.592. The third-order valence-electron chi connectivity index (χ3n) is 5.34. The summed E-state index contributed by atoms with van der Waals surface area (Å²) in [4.78, 5) is 27.8. The molecule has 0 saturated heterocycles. The number of ether oxygens (including phenoxy) is 3. The fourth-order valence-corrected chi connectivity index (χ4v) is 3.78. The van der Waals surface area contributed by atoms with Gasteiger partial charge in [0.05, 0.1) is 26.5 Å². The van der Waals surface area contributed by atoms with Crippen molar-refractivity contribution in [2.75, 3.05) is 25.7 Å². The van der Waals surface area contributed by atoms with Crippen molar-refractivity contribution in [3.63, 3.8) is 0 Å². The first-order chi connectivity index (χ1) is 16.0. The first kappa shape index (κ1) is 22.5. The van der Waals surface area contributed by atoms with Crippen LogP contribution in [0.2, 0.25) is 5.02 Å². The van der Waals surface area contributed by atoms with E-state index in [0.717, 1.165) is 5.56 Å². The number of fused-ring (bicyclic) bond motifs is 1. The number of nitrogens with zero attached hydrogens (tertiary/aromatic N) is 1. The predicted molar refractivity (Wildman–Crippen MR) is 125 cm³/mol. The number of nitrogens with one attached hydrogen (secondary N) is 1. The number of amides is 2. The minimum Gasteiger partial charge on any atom is -0.497 e. The SMILES string of the molecule is COc1ccc(CNC(=O)C2CN(C(=O)c3ccccc3)c3cc(Cl)ccc3O2)c(OC)c1. The zero-order valence-electron chi connectivity index (χ0n) is 18.2. The molecule has 1 atom stereocenters. The van der Waals surface area contributed by atoms with E-state index in [4.69, 9.17) is 25.8 Å². The summed E-state index contributed by atoms with van der Waals surface area (Å²) in [6, 6.07) is 19.2. The topological polar surface area (TPSA) is 77.1 Å². The lowest BCUT2D eigenvalue weighted by molar-refractivity contribution is -0.128. The molecule has 0 radical (unpaired) electrons. The van der Waals surface area contributed by atoms with E-state index in [1.807, 2.05) is 12.1 Å². The standard InChI is InChI=1S/C25H23ClN2O5/c1-31-19-10-8-17(22(13-19)32-2)14-27-24(29)23-15-28(25(30)16-6-4-3-5-7-16)20-12-18(26)9-11-21(20)33-23/h3-13,23H,14-15H2,1-2H3,(H,27,29). The van der Waals surface area contributed by atoms with Crippen LogP contribution in [0.25, 0.3) is 0 Å². The highest BCUT2D eigenvalue weighted by Gasteiger charge is 2.34. The Hall–Kier alpha value is -3.71. The summed E-state index contributed by atoms with van der Waals surface area (Å²) in [6.07, 6.45) is -0.893. The Morgan fingerprint density at radius 2 is 1.85 bits per heavy atom. The monoisotopic (exact) mass is 466 g/mol. The van der Waals surface area contributed by atoms with E-state index in [2.05, 4.69) is 5.32 Å². The van der Waals surface area contributed by atoms with Gasteiger partial charge in [0.15, 0.2) is 6.10 Å². The van der Waals surface area contributed by atoms with E-state index >= 15 is 0 Å². The Bertz CT molecular complexity index is 1170. The van der Waals surface area contributed by atoms with Crippen molar-refractivity contribution in [1.29, 1.82) is 0 Å². The molecule has 4 rings (SSSR count). The summed E-state index contributed by atoms with van der Waals surface area (Å²) in [5.41, 5.74) is 1.82. The van der Waals surface area contributed by atoms with Crippen molar-refractivity contribution in [3.8, 4) is 17.2 Å². The van der Waals surface area contributed by atoms with Gasteiger partial charge in [-0.25, -0.2) is 0 Å². The van der Waals surface area contributed by atoms with E-state index in [1.54, 1.807) is 68.8 Å². The molecule has 33 heavy (non-hydrogen) atoms. The number of benzene rings is 3. The lowest BCUT2D eigenvalue weighted by Gasteiger charge is -2.34. The number of hydrogen-bond donors (Lipinski definition) is 1. The molecule has 3 aromatic carbocycles. The van der Waals surface area contributed by atoms with Gasteiger partial charge in [-0.1, -0.05) is 29.8 Å². The van der Waals surface area contributed by atoms with Crippen LogP contribution in [-0.4, -0.2) is 38.7 Å². The molecule has 170 valence electrons. The molecular formula is C25H23ClN2O5. The molecule has 1 heterocycles. The van der Waals surface area contributed by atoms with Crippen LogP contribution in [0.1, 0.15) is 15.9 Å². The molecule has 3 aromatic rings. The molecule has 0 spiro atoms. The second kappa shape index (κ2) is 9.83. The third kappa shape index (κ3) is 4.88. The number of rotatable bonds is 6. The summed E-state index contributed by atoms with van der Waals surface area (Å²) in [5, 5.41) is 3.34. The first-order valence-corrected chi connectivity index (χ1v) is 10.7. The normalized spacial score (nSPS) is 14.6. The number of anilines is 1. The van der Waals surface area contributed by atoms with E-state index in [-0.39, 0.29) is 24.9 Å². The van der Waals surface area contributed by atoms with Crippen molar-refractivity contribution in [2.24, 2.45) is 0 Å². The van der Waals surface area contributed by atoms with Gasteiger partial charge in [0.2, 0.25) is 0 Å². The Balaban J connectivity index is 1.54. The van der Waals surface area contributed by atoms with Crippen molar-refractivity contribution in [2.45, 2.75) is 12.6 Å². The summed E-state index contributed by atoms with van der Waals surface area (Å²) in [7, 11) is 3.13. The van der Waals surface area contributed by atoms with Crippen LogP contribution in [0.3, 0.4) is 0 Å². The van der Waals surface area contributed by atoms with Crippen LogP contribution in [-0.2, 0) is 11.3 Å². The lowest BCUT2D eigenvalue weighted by Crippen LogP contribution is -2.50. The summed E-state index contributed by atoms with van der Waals surface area (Å²) in [6.45, 7) is 0.276. The zero-order chi connectivity index (χ0) is 23.4. The molecule has 0 aliphatic carbocycles. The number of methoxy groups -OCH3 is 2. The second-order valence-electron chi connectivity index (χ2n) is 7.40. The predicted octanol–water partition coefficient (Wildman–Crippen LogP) is 4.08. The maximum Gasteiger partial charge on any atom is 0.263 e. The van der Waals surface area contributed by atoms with Gasteiger partial charge >= 0.3 is 0 Å². The Morgan fingerprint density at radius 3 is 2.58 bits per heavy atom. The molecule has 0 fully saturated rings. The maximum absolute atomic E-state index is 13.2. The highest BCUT2D eigenvalue weighted by molar-refractivity contribution is 6.31. The molecule has 0 saturated carbocycles. The second-order valence-corrected chi connectivity index (χ2v) is 7.83. The van der Waals surface area contributed by atoms with Crippen molar-refractivity contribution in [3.05, 3.63) is 82.9 Å². The molecule has 1 unspecified atom stereocenters. The van der Waals surface area contributed by atoms with Crippen molar-refractivity contribution >= 4 is 29.1 Å². The van der Waals surface area contributed by atoms with Gasteiger partial charge in [0, 0.05) is 28.8 Å². The van der Waals surface area contributed by atoms with Gasteiger partial charge in [-0.05, 0) is 42.5 Å². The average Bonchev–Trinajstić information content (AvgIpc) is 2.86. The highest BCUT2D eigenvalue weighted by atomic mass is 35.5. The molecule has 7 nitrogen and oxygen atoms in total. The maximum atomic E-state index is 13.2. The van der Waals surface area contributed by atoms with Crippen LogP contribution < -0.4 is 24.4 Å². The van der Waals surface area contributed by atoms with Crippen LogP contribution in [0, 0.1) is 0 Å². The van der Waals surface area contributed by atoms with Crippen molar-refractivity contribution in [1.82, 2.24) is 5.32 Å². The smallest absolute Gasteiger partial charge is 0.263 e. The average molecular weight is 467 g/mol. The molecule has 1 aliphatic rings. The summed E-state index contributed by atoms with van der Waals surface area (Å²) in [5.74, 6) is 1.08. The van der Waals surface area contributed by atoms with Crippen LogP contribution >= 0.6 is 11.6 Å².